The fraction of sp³-hybridized carbons (Fsp3) is 0.217. The third kappa shape index (κ3) is 7.18. The molecule has 0 aliphatic carbocycles. The zero-order valence-electron chi connectivity index (χ0n) is 18.1. The lowest BCUT2D eigenvalue weighted by atomic mass is 10.3. The smallest absolute Gasteiger partial charge is 0.234 e. The molecular weight excluding hydrogens is 445 g/mol. The van der Waals surface area contributed by atoms with E-state index in [1.54, 1.807) is 34.9 Å². The van der Waals surface area contributed by atoms with Gasteiger partial charge in [-0.2, -0.15) is 0 Å². The van der Waals surface area contributed by atoms with Crippen LogP contribution in [0.1, 0.15) is 12.7 Å². The number of aromatic nitrogens is 3. The van der Waals surface area contributed by atoms with Gasteiger partial charge < -0.3 is 19.9 Å². The zero-order chi connectivity index (χ0) is 23.6. The third-order valence-electron chi connectivity index (χ3n) is 4.33. The van der Waals surface area contributed by atoms with Crippen LogP contribution in [0.4, 0.5) is 15.8 Å². The molecule has 0 unspecified atom stereocenters. The fourth-order valence-electron chi connectivity index (χ4n) is 2.88. The summed E-state index contributed by atoms with van der Waals surface area (Å²) in [6.07, 6.45) is 1.68. The number of ether oxygens (including phenoxy) is 1. The summed E-state index contributed by atoms with van der Waals surface area (Å²) in [5.74, 6) is 0.368. The Labute approximate surface area is 195 Å². The molecule has 3 rings (SSSR count). The van der Waals surface area contributed by atoms with E-state index in [0.717, 1.165) is 5.75 Å². The van der Waals surface area contributed by atoms with Crippen LogP contribution in [0.2, 0.25) is 0 Å². The predicted octanol–water partition coefficient (Wildman–Crippen LogP) is 3.91. The lowest BCUT2D eigenvalue weighted by Gasteiger charge is -2.09. The average molecular weight is 470 g/mol. The summed E-state index contributed by atoms with van der Waals surface area (Å²) in [4.78, 5) is 24.7. The predicted molar refractivity (Wildman–Crippen MR) is 126 cm³/mol. The van der Waals surface area contributed by atoms with Crippen molar-refractivity contribution < 1.29 is 18.7 Å². The van der Waals surface area contributed by atoms with Crippen LogP contribution in [0.3, 0.4) is 0 Å². The van der Waals surface area contributed by atoms with Gasteiger partial charge in [-0.25, -0.2) is 4.39 Å². The Morgan fingerprint density at radius 1 is 1.06 bits per heavy atom. The van der Waals surface area contributed by atoms with E-state index in [9.17, 15) is 14.0 Å². The molecule has 1 aromatic heterocycles. The van der Waals surface area contributed by atoms with Crippen LogP contribution in [0.25, 0.3) is 0 Å². The maximum Gasteiger partial charge on any atom is 0.234 e. The normalized spacial score (nSPS) is 10.5. The highest BCUT2D eigenvalue weighted by molar-refractivity contribution is 7.99. The number of rotatable bonds is 11. The Kier molecular flexibility index (Phi) is 8.59. The second-order valence-corrected chi connectivity index (χ2v) is 7.77. The van der Waals surface area contributed by atoms with Crippen molar-refractivity contribution in [3.63, 3.8) is 0 Å². The summed E-state index contributed by atoms with van der Waals surface area (Å²) in [5.41, 5.74) is 1.14. The number of hydrogen-bond donors (Lipinski definition) is 2. The van der Waals surface area contributed by atoms with E-state index >= 15 is 0 Å². The second-order valence-electron chi connectivity index (χ2n) is 6.82. The van der Waals surface area contributed by atoms with Crippen molar-refractivity contribution >= 4 is 35.0 Å². The molecule has 2 N–H and O–H groups in total. The lowest BCUT2D eigenvalue weighted by molar-refractivity contribution is -0.116. The van der Waals surface area contributed by atoms with Crippen LogP contribution in [0.15, 0.2) is 66.3 Å². The molecule has 0 aliphatic rings. The van der Waals surface area contributed by atoms with Crippen molar-refractivity contribution in [2.45, 2.75) is 25.0 Å². The average Bonchev–Trinajstić information content (AvgIpc) is 3.17. The molecular formula is C23H24FN5O3S. The van der Waals surface area contributed by atoms with Gasteiger partial charge in [-0.1, -0.05) is 17.8 Å². The van der Waals surface area contributed by atoms with Crippen molar-refractivity contribution in [2.75, 3.05) is 23.0 Å². The maximum absolute atomic E-state index is 13.0. The Balaban J connectivity index is 1.58. The number of carbonyl (C=O) groups excluding carboxylic acids is 2. The Morgan fingerprint density at radius 2 is 1.70 bits per heavy atom. The molecule has 2 amide bonds. The summed E-state index contributed by atoms with van der Waals surface area (Å²) < 4.78 is 20.1. The van der Waals surface area contributed by atoms with Crippen LogP contribution in [0.5, 0.6) is 5.75 Å². The first-order chi connectivity index (χ1) is 16.0. The van der Waals surface area contributed by atoms with Gasteiger partial charge in [-0.15, -0.1) is 16.8 Å². The van der Waals surface area contributed by atoms with Gasteiger partial charge in [0, 0.05) is 17.9 Å². The van der Waals surface area contributed by atoms with Gasteiger partial charge in [0.15, 0.2) is 5.16 Å². The number of anilines is 2. The molecule has 33 heavy (non-hydrogen) atoms. The first-order valence-corrected chi connectivity index (χ1v) is 11.2. The summed E-state index contributed by atoms with van der Waals surface area (Å²) in [6, 6.07) is 12.6. The Hall–Kier alpha value is -3.66. The minimum Gasteiger partial charge on any atom is -0.494 e. The van der Waals surface area contributed by atoms with Gasteiger partial charge >= 0.3 is 0 Å². The molecule has 3 aromatic rings. The standard InChI is InChI=1S/C23H24FN5O3S/c1-3-13-29-20(14-21(30)25-18-9-11-19(12-10-18)32-4-2)27-28-23(29)33-15-22(31)26-17-7-5-16(24)6-8-17/h3,5-12H,1,4,13-15H2,2H3,(H,25,30)(H,26,31). The number of allylic oxidation sites excluding steroid dienone is 1. The van der Waals surface area contributed by atoms with Crippen molar-refractivity contribution in [2.24, 2.45) is 0 Å². The Morgan fingerprint density at radius 3 is 2.33 bits per heavy atom. The van der Waals surface area contributed by atoms with E-state index < -0.39 is 0 Å². The number of hydrogen-bond acceptors (Lipinski definition) is 6. The second kappa shape index (κ2) is 11.8. The van der Waals surface area contributed by atoms with Crippen molar-refractivity contribution in [3.05, 3.63) is 72.8 Å². The van der Waals surface area contributed by atoms with E-state index in [-0.39, 0.29) is 29.8 Å². The molecule has 0 aliphatic heterocycles. The van der Waals surface area contributed by atoms with E-state index in [4.69, 9.17) is 4.74 Å². The number of carbonyl (C=O) groups is 2. The van der Waals surface area contributed by atoms with E-state index in [1.807, 2.05) is 6.92 Å². The zero-order valence-corrected chi connectivity index (χ0v) is 18.9. The molecule has 0 spiro atoms. The minimum absolute atomic E-state index is 0.0103. The highest BCUT2D eigenvalue weighted by Gasteiger charge is 2.16. The summed E-state index contributed by atoms with van der Waals surface area (Å²) in [7, 11) is 0. The largest absolute Gasteiger partial charge is 0.494 e. The Bertz CT molecular complexity index is 1100. The number of halogens is 1. The molecule has 0 saturated carbocycles. The lowest BCUT2D eigenvalue weighted by Crippen LogP contribution is -2.18. The van der Waals surface area contributed by atoms with Crippen LogP contribution in [0, 0.1) is 5.82 Å². The topological polar surface area (TPSA) is 98.1 Å². The van der Waals surface area contributed by atoms with Crippen LogP contribution in [-0.2, 0) is 22.6 Å². The van der Waals surface area contributed by atoms with Gasteiger partial charge in [0.05, 0.1) is 18.8 Å². The molecule has 0 fully saturated rings. The molecule has 0 atom stereocenters. The molecule has 8 nitrogen and oxygen atoms in total. The number of benzene rings is 2. The molecule has 10 heteroatoms. The van der Waals surface area contributed by atoms with Gasteiger partial charge in [0.1, 0.15) is 17.4 Å². The number of thioether (sulfide) groups is 1. The highest BCUT2D eigenvalue weighted by atomic mass is 32.2. The third-order valence-corrected chi connectivity index (χ3v) is 5.30. The minimum atomic E-state index is -0.376. The van der Waals surface area contributed by atoms with Gasteiger partial charge in [0.25, 0.3) is 0 Å². The monoisotopic (exact) mass is 469 g/mol. The van der Waals surface area contributed by atoms with Crippen molar-refractivity contribution in [1.29, 1.82) is 0 Å². The highest BCUT2D eigenvalue weighted by Crippen LogP contribution is 2.19. The van der Waals surface area contributed by atoms with E-state index in [2.05, 4.69) is 27.4 Å². The first-order valence-electron chi connectivity index (χ1n) is 10.2. The maximum atomic E-state index is 13.0. The molecule has 0 saturated heterocycles. The van der Waals surface area contributed by atoms with Crippen LogP contribution < -0.4 is 15.4 Å². The first kappa shape index (κ1) is 24.0. The van der Waals surface area contributed by atoms with E-state index in [1.165, 1.54) is 36.0 Å². The SMILES string of the molecule is C=CCn1c(CC(=O)Nc2ccc(OCC)cc2)nnc1SCC(=O)Nc1ccc(F)cc1. The fourth-order valence-corrected chi connectivity index (χ4v) is 3.65. The molecule has 0 radical (unpaired) electrons. The van der Waals surface area contributed by atoms with Crippen molar-refractivity contribution in [3.8, 4) is 5.75 Å². The summed E-state index contributed by atoms with van der Waals surface area (Å²) >= 11 is 1.19. The molecule has 2 aromatic carbocycles. The number of nitrogens with zero attached hydrogens (tertiary/aromatic N) is 3. The molecule has 172 valence electrons. The molecule has 0 bridgehead atoms. The summed E-state index contributed by atoms with van der Waals surface area (Å²) in [6.45, 7) is 6.60. The van der Waals surface area contributed by atoms with Gasteiger partial charge in [0.2, 0.25) is 11.8 Å². The van der Waals surface area contributed by atoms with Crippen molar-refractivity contribution in [1.82, 2.24) is 14.8 Å². The number of nitrogens with one attached hydrogen (secondary N) is 2. The van der Waals surface area contributed by atoms with Crippen LogP contribution in [-0.4, -0.2) is 38.9 Å². The van der Waals surface area contributed by atoms with Gasteiger partial charge in [-0.3, -0.25) is 9.59 Å². The molecule has 1 heterocycles. The van der Waals surface area contributed by atoms with Gasteiger partial charge in [-0.05, 0) is 55.5 Å². The summed E-state index contributed by atoms with van der Waals surface area (Å²) in [5, 5.41) is 14.2. The quantitative estimate of drug-likeness (QED) is 0.326. The van der Waals surface area contributed by atoms with E-state index in [0.29, 0.717) is 35.5 Å². The number of amides is 2. The van der Waals surface area contributed by atoms with Crippen LogP contribution >= 0.6 is 11.8 Å².